The quantitative estimate of drug-likeness (QED) is 0.175. The van der Waals surface area contributed by atoms with Crippen LogP contribution in [0.5, 0.6) is 5.75 Å². The number of ketones is 1. The van der Waals surface area contributed by atoms with Crippen LogP contribution >= 0.6 is 0 Å². The molecule has 5 atom stereocenters. The van der Waals surface area contributed by atoms with Gasteiger partial charge in [0.25, 0.3) is 0 Å². The maximum atomic E-state index is 12.6. The first-order chi connectivity index (χ1) is 17.8. The zero-order valence-corrected chi connectivity index (χ0v) is 22.3. The van der Waals surface area contributed by atoms with E-state index >= 15 is 0 Å². The standard InChI is InChI=1S/C26H33NO11/c1-14(12-27(6)7)22(32)19-8-10-20(11-9-19)37-26-25(36-18(5)31)24(35-17(4)30)23(34-16(3)29)21(38-26)13-33-15(2)28/h8-11,21,23-26H,1,12-13H2,2-7H3/t21-,23-,24+,25-,26?/m1/s1. The Hall–Kier alpha value is -3.77. The first-order valence-corrected chi connectivity index (χ1v) is 11.7. The lowest BCUT2D eigenvalue weighted by molar-refractivity contribution is -0.288. The molecule has 0 aromatic heterocycles. The predicted molar refractivity (Wildman–Crippen MR) is 131 cm³/mol. The Labute approximate surface area is 220 Å². The highest BCUT2D eigenvalue weighted by atomic mass is 16.7. The minimum Gasteiger partial charge on any atom is -0.463 e. The van der Waals surface area contributed by atoms with Gasteiger partial charge in [0.2, 0.25) is 12.4 Å². The van der Waals surface area contributed by atoms with E-state index in [1.807, 2.05) is 19.0 Å². The largest absolute Gasteiger partial charge is 0.463 e. The van der Waals surface area contributed by atoms with Gasteiger partial charge in [-0.05, 0) is 38.4 Å². The highest BCUT2D eigenvalue weighted by molar-refractivity contribution is 6.08. The summed E-state index contributed by atoms with van der Waals surface area (Å²) in [6.07, 6.45) is -6.52. The smallest absolute Gasteiger partial charge is 0.303 e. The van der Waals surface area contributed by atoms with E-state index < -0.39 is 54.6 Å². The number of ether oxygens (including phenoxy) is 6. The number of carbonyl (C=O) groups is 5. The van der Waals surface area contributed by atoms with Gasteiger partial charge in [-0.1, -0.05) is 6.58 Å². The molecule has 12 nitrogen and oxygen atoms in total. The van der Waals surface area contributed by atoms with E-state index in [4.69, 9.17) is 28.4 Å². The van der Waals surface area contributed by atoms with E-state index in [1.54, 1.807) is 0 Å². The van der Waals surface area contributed by atoms with Crippen molar-refractivity contribution < 1.29 is 52.4 Å². The van der Waals surface area contributed by atoms with E-state index in [9.17, 15) is 24.0 Å². The molecule has 0 saturated carbocycles. The zero-order chi connectivity index (χ0) is 28.6. The summed E-state index contributed by atoms with van der Waals surface area (Å²) in [5.74, 6) is -2.88. The molecule has 1 fully saturated rings. The first-order valence-electron chi connectivity index (χ1n) is 11.7. The van der Waals surface area contributed by atoms with Crippen molar-refractivity contribution in [2.24, 2.45) is 0 Å². The SMILES string of the molecule is C=C(CN(C)C)C(=O)c1ccc(OC2O[C@H](COC(C)=O)[C@@H](OC(C)=O)[C@H](OC(C)=O)[C@H]2OC(C)=O)cc1. The summed E-state index contributed by atoms with van der Waals surface area (Å²) in [5, 5.41) is 0. The topological polar surface area (TPSA) is 144 Å². The van der Waals surface area contributed by atoms with Gasteiger partial charge in [-0.3, -0.25) is 24.0 Å². The van der Waals surface area contributed by atoms with E-state index in [0.29, 0.717) is 17.7 Å². The number of rotatable bonds is 11. The van der Waals surface area contributed by atoms with Crippen LogP contribution in [0.4, 0.5) is 0 Å². The van der Waals surface area contributed by atoms with E-state index in [-0.39, 0.29) is 18.1 Å². The van der Waals surface area contributed by atoms with Crippen LogP contribution in [0.3, 0.4) is 0 Å². The maximum absolute atomic E-state index is 12.6. The molecule has 0 bridgehead atoms. The van der Waals surface area contributed by atoms with E-state index in [2.05, 4.69) is 6.58 Å². The molecule has 0 radical (unpaired) electrons. The molecule has 0 amide bonds. The average molecular weight is 536 g/mol. The van der Waals surface area contributed by atoms with Gasteiger partial charge < -0.3 is 33.3 Å². The third-order valence-electron chi connectivity index (χ3n) is 5.15. The number of nitrogens with zero attached hydrogens (tertiary/aromatic N) is 1. The number of hydrogen-bond donors (Lipinski definition) is 0. The second-order valence-electron chi connectivity index (χ2n) is 8.88. The summed E-state index contributed by atoms with van der Waals surface area (Å²) in [6.45, 7) is 8.41. The highest BCUT2D eigenvalue weighted by Gasteiger charge is 2.53. The molecule has 1 aliphatic rings. The lowest BCUT2D eigenvalue weighted by atomic mass is 9.98. The Bertz CT molecular complexity index is 1050. The van der Waals surface area contributed by atoms with E-state index in [1.165, 1.54) is 31.2 Å². The summed E-state index contributed by atoms with van der Waals surface area (Å²) in [6, 6.07) is 6.07. The van der Waals surface area contributed by atoms with Gasteiger partial charge >= 0.3 is 23.9 Å². The molecule has 1 unspecified atom stereocenters. The molecule has 1 aromatic rings. The number of Topliss-reactive ketones (excluding diaryl/α,β-unsaturated/α-hetero) is 1. The van der Waals surface area contributed by atoms with Crippen molar-refractivity contribution >= 4 is 29.7 Å². The van der Waals surface area contributed by atoms with E-state index in [0.717, 1.165) is 20.8 Å². The van der Waals surface area contributed by atoms with Crippen LogP contribution in [0.15, 0.2) is 36.4 Å². The summed E-state index contributed by atoms with van der Waals surface area (Å²) in [4.78, 5) is 61.5. The van der Waals surface area contributed by atoms with Gasteiger partial charge in [0.1, 0.15) is 18.5 Å². The highest BCUT2D eigenvalue weighted by Crippen LogP contribution is 2.31. The Kier molecular flexibility index (Phi) is 11.0. The summed E-state index contributed by atoms with van der Waals surface area (Å²) < 4.78 is 32.9. The van der Waals surface area contributed by atoms with Crippen LogP contribution in [-0.4, -0.2) is 92.5 Å². The molecule has 1 saturated heterocycles. The van der Waals surface area contributed by atoms with Gasteiger partial charge in [-0.25, -0.2) is 0 Å². The van der Waals surface area contributed by atoms with Crippen molar-refractivity contribution in [1.29, 1.82) is 0 Å². The molecule has 2 rings (SSSR count). The molecular weight excluding hydrogens is 502 g/mol. The maximum Gasteiger partial charge on any atom is 0.303 e. The fraction of sp³-hybridized carbons (Fsp3) is 0.500. The minimum atomic E-state index is -1.37. The van der Waals surface area contributed by atoms with Gasteiger partial charge in [-0.2, -0.15) is 0 Å². The number of benzene rings is 1. The first kappa shape index (κ1) is 30.5. The fourth-order valence-electron chi connectivity index (χ4n) is 3.76. The van der Waals surface area contributed by atoms with Gasteiger partial charge in [0, 0.05) is 45.4 Å². The predicted octanol–water partition coefficient (Wildman–Crippen LogP) is 1.45. The van der Waals surface area contributed by atoms with Crippen LogP contribution < -0.4 is 4.74 Å². The summed E-state index contributed by atoms with van der Waals surface area (Å²) >= 11 is 0. The molecule has 1 aromatic carbocycles. The molecule has 1 aliphatic heterocycles. The zero-order valence-electron chi connectivity index (χ0n) is 22.3. The summed E-state index contributed by atoms with van der Waals surface area (Å²) in [7, 11) is 3.64. The number of likely N-dealkylation sites (N-methyl/N-ethyl adjacent to an activating group) is 1. The third kappa shape index (κ3) is 8.96. The van der Waals surface area contributed by atoms with Gasteiger partial charge in [0.05, 0.1) is 0 Å². The Balaban J connectivity index is 2.38. The molecule has 12 heteroatoms. The van der Waals surface area contributed by atoms with Crippen molar-refractivity contribution in [2.75, 3.05) is 27.2 Å². The van der Waals surface area contributed by atoms with Crippen molar-refractivity contribution in [3.63, 3.8) is 0 Å². The lowest BCUT2D eigenvalue weighted by Gasteiger charge is -2.43. The normalized spacial score (nSPS) is 22.7. The molecular formula is C26H33NO11. The van der Waals surface area contributed by atoms with Crippen LogP contribution in [0.1, 0.15) is 38.1 Å². The Morgan fingerprint density at radius 1 is 0.816 bits per heavy atom. The Morgan fingerprint density at radius 3 is 1.84 bits per heavy atom. The molecule has 208 valence electrons. The van der Waals surface area contributed by atoms with Crippen molar-refractivity contribution in [1.82, 2.24) is 4.90 Å². The second-order valence-corrected chi connectivity index (χ2v) is 8.88. The molecule has 1 heterocycles. The molecule has 0 N–H and O–H groups in total. The van der Waals surface area contributed by atoms with Crippen LogP contribution in [0, 0.1) is 0 Å². The van der Waals surface area contributed by atoms with Gasteiger partial charge in [-0.15, -0.1) is 0 Å². The van der Waals surface area contributed by atoms with Crippen LogP contribution in [0.25, 0.3) is 0 Å². The fourth-order valence-corrected chi connectivity index (χ4v) is 3.76. The number of esters is 4. The molecule has 38 heavy (non-hydrogen) atoms. The lowest BCUT2D eigenvalue weighted by Crippen LogP contribution is -2.63. The van der Waals surface area contributed by atoms with Gasteiger partial charge in [0.15, 0.2) is 18.0 Å². The average Bonchev–Trinajstić information content (AvgIpc) is 2.80. The third-order valence-corrected chi connectivity index (χ3v) is 5.15. The summed E-state index contributed by atoms with van der Waals surface area (Å²) in [5.41, 5.74) is 0.786. The van der Waals surface area contributed by atoms with Crippen molar-refractivity contribution in [2.45, 2.75) is 58.4 Å². The number of hydrogen-bond acceptors (Lipinski definition) is 12. The van der Waals surface area contributed by atoms with Crippen LogP contribution in [0.2, 0.25) is 0 Å². The number of carbonyl (C=O) groups excluding carboxylic acids is 5. The monoisotopic (exact) mass is 535 g/mol. The van der Waals surface area contributed by atoms with Crippen molar-refractivity contribution in [3.05, 3.63) is 42.0 Å². The minimum absolute atomic E-state index is 0.223. The van der Waals surface area contributed by atoms with Crippen molar-refractivity contribution in [3.8, 4) is 5.75 Å². The molecule has 0 aliphatic carbocycles. The van der Waals surface area contributed by atoms with Crippen LogP contribution in [-0.2, 0) is 42.9 Å². The molecule has 0 spiro atoms. The Morgan fingerprint density at radius 2 is 1.34 bits per heavy atom. The second kappa shape index (κ2) is 13.7.